The Bertz CT molecular complexity index is 586. The van der Waals surface area contributed by atoms with E-state index in [9.17, 15) is 14.0 Å². The molecule has 0 bridgehead atoms. The number of hydrogen-bond acceptors (Lipinski definition) is 5. The smallest absolute Gasteiger partial charge is 0.410 e. The number of halogens is 1. The molecule has 7 nitrogen and oxygen atoms in total. The second-order valence-electron chi connectivity index (χ2n) is 6.74. The normalized spacial score (nSPS) is 18.0. The SMILES string of the molecule is CC(C)(C)OC(=O)N1CCC[C@H](C(=O)NNc2ccc(F)cn2)C1. The third-order valence-electron chi connectivity index (χ3n) is 3.49. The first-order valence-electron chi connectivity index (χ1n) is 7.90. The molecule has 2 heterocycles. The Morgan fingerprint density at radius 2 is 2.12 bits per heavy atom. The first kappa shape index (κ1) is 18.0. The van der Waals surface area contributed by atoms with Crippen molar-refractivity contribution in [3.8, 4) is 0 Å². The van der Waals surface area contributed by atoms with Crippen LogP contribution in [0.3, 0.4) is 0 Å². The summed E-state index contributed by atoms with van der Waals surface area (Å²) in [6, 6.07) is 2.66. The number of nitrogens with one attached hydrogen (secondary N) is 2. The number of likely N-dealkylation sites (tertiary alicyclic amines) is 1. The molecule has 1 aliphatic rings. The van der Waals surface area contributed by atoms with Crippen LogP contribution < -0.4 is 10.9 Å². The van der Waals surface area contributed by atoms with Crippen LogP contribution in [0.2, 0.25) is 0 Å². The van der Waals surface area contributed by atoms with E-state index in [1.807, 2.05) is 0 Å². The zero-order chi connectivity index (χ0) is 17.7. The van der Waals surface area contributed by atoms with Crippen molar-refractivity contribution in [2.75, 3.05) is 18.5 Å². The standard InChI is InChI=1S/C16H23FN4O3/c1-16(2,3)24-15(23)21-8-4-5-11(10-21)14(22)20-19-13-7-6-12(17)9-18-13/h6-7,9,11H,4-5,8,10H2,1-3H3,(H,18,19)(H,20,22)/t11-/m0/s1. The molecule has 0 spiro atoms. The number of amides is 2. The van der Waals surface area contributed by atoms with Gasteiger partial charge in [-0.2, -0.15) is 0 Å². The molecule has 1 saturated heterocycles. The van der Waals surface area contributed by atoms with E-state index in [0.717, 1.165) is 12.6 Å². The van der Waals surface area contributed by atoms with Gasteiger partial charge in [0.1, 0.15) is 17.2 Å². The molecule has 2 rings (SSSR count). The molecular weight excluding hydrogens is 315 g/mol. The lowest BCUT2D eigenvalue weighted by atomic mass is 9.98. The van der Waals surface area contributed by atoms with E-state index in [4.69, 9.17) is 4.74 Å². The maximum absolute atomic E-state index is 12.8. The van der Waals surface area contributed by atoms with Crippen LogP contribution in [-0.2, 0) is 9.53 Å². The second-order valence-corrected chi connectivity index (χ2v) is 6.74. The summed E-state index contributed by atoms with van der Waals surface area (Å²) in [5.41, 5.74) is 4.62. The van der Waals surface area contributed by atoms with Crippen molar-refractivity contribution in [1.82, 2.24) is 15.3 Å². The second kappa shape index (κ2) is 7.46. The maximum Gasteiger partial charge on any atom is 0.410 e. The molecule has 1 aliphatic heterocycles. The molecule has 132 valence electrons. The fourth-order valence-electron chi connectivity index (χ4n) is 2.36. The van der Waals surface area contributed by atoms with Crippen LogP contribution in [0.15, 0.2) is 18.3 Å². The number of carbonyl (C=O) groups is 2. The average molecular weight is 338 g/mol. The summed E-state index contributed by atoms with van der Waals surface area (Å²) in [7, 11) is 0. The topological polar surface area (TPSA) is 83.6 Å². The molecule has 0 aliphatic carbocycles. The van der Waals surface area contributed by atoms with Gasteiger partial charge in [0, 0.05) is 13.1 Å². The summed E-state index contributed by atoms with van der Waals surface area (Å²) in [5.74, 6) is -0.690. The molecule has 1 aromatic rings. The number of rotatable bonds is 3. The number of nitrogens with zero attached hydrogens (tertiary/aromatic N) is 2. The third-order valence-corrected chi connectivity index (χ3v) is 3.49. The zero-order valence-electron chi connectivity index (χ0n) is 14.1. The van der Waals surface area contributed by atoms with Crippen LogP contribution in [0.5, 0.6) is 0 Å². The van der Waals surface area contributed by atoms with Crippen LogP contribution in [0, 0.1) is 11.7 Å². The molecule has 8 heteroatoms. The van der Waals surface area contributed by atoms with Crippen molar-refractivity contribution in [2.45, 2.75) is 39.2 Å². The molecule has 2 N–H and O–H groups in total. The van der Waals surface area contributed by atoms with E-state index in [1.54, 1.807) is 25.7 Å². The molecule has 1 atom stereocenters. The Kier molecular flexibility index (Phi) is 5.58. The number of piperidine rings is 1. The van der Waals surface area contributed by atoms with Crippen molar-refractivity contribution in [3.63, 3.8) is 0 Å². The minimum atomic E-state index is -0.567. The fourth-order valence-corrected chi connectivity index (χ4v) is 2.36. The van der Waals surface area contributed by atoms with E-state index < -0.39 is 17.5 Å². The zero-order valence-corrected chi connectivity index (χ0v) is 14.1. The van der Waals surface area contributed by atoms with Gasteiger partial charge >= 0.3 is 6.09 Å². The molecule has 24 heavy (non-hydrogen) atoms. The van der Waals surface area contributed by atoms with Gasteiger partial charge in [-0.05, 0) is 45.7 Å². The summed E-state index contributed by atoms with van der Waals surface area (Å²) in [5, 5.41) is 0. The van der Waals surface area contributed by atoms with Crippen LogP contribution in [-0.4, -0.2) is 40.6 Å². The van der Waals surface area contributed by atoms with Gasteiger partial charge in [0.2, 0.25) is 5.91 Å². The fraction of sp³-hybridized carbons (Fsp3) is 0.562. The minimum absolute atomic E-state index is 0.241. The molecule has 0 radical (unpaired) electrons. The highest BCUT2D eigenvalue weighted by Crippen LogP contribution is 2.19. The monoisotopic (exact) mass is 338 g/mol. The Morgan fingerprint density at radius 3 is 2.75 bits per heavy atom. The first-order chi connectivity index (χ1) is 11.2. The van der Waals surface area contributed by atoms with Crippen molar-refractivity contribution in [2.24, 2.45) is 5.92 Å². The number of aromatic nitrogens is 1. The van der Waals surface area contributed by atoms with Crippen molar-refractivity contribution >= 4 is 17.8 Å². The Hall–Kier alpha value is -2.38. The summed E-state index contributed by atoms with van der Waals surface area (Å²) in [6.07, 6.45) is 2.06. The lowest BCUT2D eigenvalue weighted by Crippen LogP contribution is -2.47. The third kappa shape index (κ3) is 5.36. The average Bonchev–Trinajstić information content (AvgIpc) is 2.52. The number of carbonyl (C=O) groups excluding carboxylic acids is 2. The number of pyridine rings is 1. The summed E-state index contributed by atoms with van der Waals surface area (Å²) in [4.78, 5) is 29.7. The molecule has 1 aromatic heterocycles. The quantitative estimate of drug-likeness (QED) is 0.826. The Balaban J connectivity index is 1.85. The van der Waals surface area contributed by atoms with Crippen molar-refractivity contribution in [3.05, 3.63) is 24.1 Å². The Morgan fingerprint density at radius 1 is 1.38 bits per heavy atom. The number of hydrazine groups is 1. The predicted molar refractivity (Wildman–Crippen MR) is 86.5 cm³/mol. The highest BCUT2D eigenvalue weighted by molar-refractivity contribution is 5.81. The van der Waals surface area contributed by atoms with Crippen LogP contribution in [0.1, 0.15) is 33.6 Å². The summed E-state index contributed by atoms with van der Waals surface area (Å²) < 4.78 is 18.1. The lowest BCUT2D eigenvalue weighted by Gasteiger charge is -2.33. The largest absolute Gasteiger partial charge is 0.444 e. The van der Waals surface area contributed by atoms with E-state index in [-0.39, 0.29) is 11.8 Å². The molecule has 0 unspecified atom stereocenters. The van der Waals surface area contributed by atoms with E-state index in [1.165, 1.54) is 12.1 Å². The number of ether oxygens (including phenoxy) is 1. The lowest BCUT2D eigenvalue weighted by molar-refractivity contribution is -0.126. The summed E-state index contributed by atoms with van der Waals surface area (Å²) >= 11 is 0. The maximum atomic E-state index is 12.8. The molecule has 0 aromatic carbocycles. The Labute approximate surface area is 140 Å². The van der Waals surface area contributed by atoms with Crippen molar-refractivity contribution < 1.29 is 18.7 Å². The van der Waals surface area contributed by atoms with Gasteiger partial charge in [0.15, 0.2) is 0 Å². The summed E-state index contributed by atoms with van der Waals surface area (Å²) in [6.45, 7) is 6.29. The molecular formula is C16H23FN4O3. The van der Waals surface area contributed by atoms with Gasteiger partial charge < -0.3 is 9.64 Å². The predicted octanol–water partition coefficient (Wildman–Crippen LogP) is 2.31. The van der Waals surface area contributed by atoms with E-state index >= 15 is 0 Å². The van der Waals surface area contributed by atoms with Gasteiger partial charge in [-0.15, -0.1) is 0 Å². The van der Waals surface area contributed by atoms with Gasteiger partial charge in [0.05, 0.1) is 12.1 Å². The van der Waals surface area contributed by atoms with E-state index in [2.05, 4.69) is 15.8 Å². The molecule has 0 saturated carbocycles. The highest BCUT2D eigenvalue weighted by atomic mass is 19.1. The highest BCUT2D eigenvalue weighted by Gasteiger charge is 2.31. The van der Waals surface area contributed by atoms with Gasteiger partial charge in [-0.3, -0.25) is 15.6 Å². The van der Waals surface area contributed by atoms with Crippen molar-refractivity contribution in [1.29, 1.82) is 0 Å². The van der Waals surface area contributed by atoms with Crippen LogP contribution in [0.25, 0.3) is 0 Å². The van der Waals surface area contributed by atoms with Gasteiger partial charge in [-0.25, -0.2) is 14.2 Å². The van der Waals surface area contributed by atoms with Crippen LogP contribution in [0.4, 0.5) is 15.0 Å². The van der Waals surface area contributed by atoms with E-state index in [0.29, 0.717) is 25.3 Å². The van der Waals surface area contributed by atoms with Gasteiger partial charge in [0.25, 0.3) is 0 Å². The van der Waals surface area contributed by atoms with Crippen LogP contribution >= 0.6 is 0 Å². The first-order valence-corrected chi connectivity index (χ1v) is 7.90. The molecule has 2 amide bonds. The molecule has 1 fully saturated rings. The number of anilines is 1. The minimum Gasteiger partial charge on any atom is -0.444 e. The van der Waals surface area contributed by atoms with Gasteiger partial charge in [-0.1, -0.05) is 0 Å². The number of hydrogen-bond donors (Lipinski definition) is 2.